The molecule has 1 aliphatic rings. The third-order valence-corrected chi connectivity index (χ3v) is 6.30. The SMILES string of the molecule is O=S(=O)(Cl)c1cccc(N=S2(=O)CCCC2)c1. The van der Waals surface area contributed by atoms with Crippen LogP contribution in [0, 0.1) is 0 Å². The minimum atomic E-state index is -3.76. The summed E-state index contributed by atoms with van der Waals surface area (Å²) in [6, 6.07) is 5.93. The first-order valence-electron chi connectivity index (χ1n) is 5.16. The van der Waals surface area contributed by atoms with Crippen LogP contribution in [0.25, 0.3) is 0 Å². The fourth-order valence-corrected chi connectivity index (χ4v) is 4.72. The first-order valence-corrected chi connectivity index (χ1v) is 9.33. The number of hydrogen-bond acceptors (Lipinski definition) is 4. The van der Waals surface area contributed by atoms with Gasteiger partial charge >= 0.3 is 0 Å². The van der Waals surface area contributed by atoms with Crippen LogP contribution in [0.4, 0.5) is 5.69 Å². The molecule has 0 amide bonds. The summed E-state index contributed by atoms with van der Waals surface area (Å²) < 4.78 is 38.6. The predicted molar refractivity (Wildman–Crippen MR) is 68.7 cm³/mol. The summed E-state index contributed by atoms with van der Waals surface area (Å²) >= 11 is 0. The zero-order chi connectivity index (χ0) is 12.5. The van der Waals surface area contributed by atoms with Crippen molar-refractivity contribution in [2.24, 2.45) is 4.36 Å². The molecular weight excluding hydrogens is 282 g/mol. The van der Waals surface area contributed by atoms with Crippen LogP contribution in [0.1, 0.15) is 12.8 Å². The summed E-state index contributed by atoms with van der Waals surface area (Å²) in [5.41, 5.74) is 0.415. The molecule has 1 aliphatic heterocycles. The molecule has 0 radical (unpaired) electrons. The van der Waals surface area contributed by atoms with Gasteiger partial charge in [-0.05, 0) is 31.0 Å². The monoisotopic (exact) mass is 293 g/mol. The van der Waals surface area contributed by atoms with E-state index in [1.165, 1.54) is 12.1 Å². The number of rotatable bonds is 2. The maximum absolute atomic E-state index is 12.2. The van der Waals surface area contributed by atoms with Crippen LogP contribution in [-0.2, 0) is 18.8 Å². The predicted octanol–water partition coefficient (Wildman–Crippen LogP) is 2.51. The Labute approximate surface area is 106 Å². The summed E-state index contributed by atoms with van der Waals surface area (Å²) in [5, 5.41) is 0. The van der Waals surface area contributed by atoms with Gasteiger partial charge < -0.3 is 0 Å². The molecular formula is C10H12ClNO3S2. The van der Waals surface area contributed by atoms with E-state index in [0.717, 1.165) is 12.8 Å². The van der Waals surface area contributed by atoms with E-state index in [4.69, 9.17) is 10.7 Å². The molecule has 94 valence electrons. The molecule has 7 heteroatoms. The highest BCUT2D eigenvalue weighted by molar-refractivity contribution is 8.13. The Kier molecular flexibility index (Phi) is 3.47. The van der Waals surface area contributed by atoms with E-state index in [1.54, 1.807) is 12.1 Å². The van der Waals surface area contributed by atoms with E-state index >= 15 is 0 Å². The third-order valence-electron chi connectivity index (χ3n) is 2.55. The van der Waals surface area contributed by atoms with Gasteiger partial charge in [0, 0.05) is 22.2 Å². The van der Waals surface area contributed by atoms with Gasteiger partial charge in [0.25, 0.3) is 9.05 Å². The van der Waals surface area contributed by atoms with Gasteiger partial charge in [0.15, 0.2) is 0 Å². The molecule has 0 saturated carbocycles. The van der Waals surface area contributed by atoms with Crippen LogP contribution in [0.5, 0.6) is 0 Å². The van der Waals surface area contributed by atoms with Gasteiger partial charge in [0.1, 0.15) is 0 Å². The Morgan fingerprint density at radius 2 is 1.88 bits per heavy atom. The molecule has 2 rings (SSSR count). The minimum absolute atomic E-state index is 0.0126. The molecule has 17 heavy (non-hydrogen) atoms. The quantitative estimate of drug-likeness (QED) is 0.787. The first-order chi connectivity index (χ1) is 7.89. The lowest BCUT2D eigenvalue weighted by molar-refractivity contribution is 0.609. The smallest absolute Gasteiger partial charge is 0.249 e. The second kappa shape index (κ2) is 4.59. The normalized spacial score (nSPS) is 19.1. The van der Waals surface area contributed by atoms with Crippen molar-refractivity contribution in [3.8, 4) is 0 Å². The molecule has 0 unspecified atom stereocenters. The average molecular weight is 294 g/mol. The average Bonchev–Trinajstić information content (AvgIpc) is 2.64. The lowest BCUT2D eigenvalue weighted by atomic mass is 10.3. The van der Waals surface area contributed by atoms with Gasteiger partial charge in [0.05, 0.1) is 20.3 Å². The number of nitrogens with zero attached hydrogens (tertiary/aromatic N) is 1. The van der Waals surface area contributed by atoms with Crippen molar-refractivity contribution in [2.45, 2.75) is 17.7 Å². The second-order valence-electron chi connectivity index (χ2n) is 3.91. The Morgan fingerprint density at radius 1 is 1.24 bits per heavy atom. The zero-order valence-electron chi connectivity index (χ0n) is 9.00. The molecule has 1 aromatic rings. The minimum Gasteiger partial charge on any atom is -0.249 e. The van der Waals surface area contributed by atoms with Crippen molar-refractivity contribution in [2.75, 3.05) is 11.5 Å². The van der Waals surface area contributed by atoms with Crippen LogP contribution in [0.15, 0.2) is 33.5 Å². The van der Waals surface area contributed by atoms with Crippen molar-refractivity contribution in [1.82, 2.24) is 0 Å². The Balaban J connectivity index is 2.45. The van der Waals surface area contributed by atoms with Gasteiger partial charge in [-0.25, -0.2) is 12.6 Å². The van der Waals surface area contributed by atoms with Crippen LogP contribution >= 0.6 is 10.7 Å². The molecule has 0 atom stereocenters. The maximum atomic E-state index is 12.2. The van der Waals surface area contributed by atoms with Gasteiger partial charge in [-0.3, -0.25) is 0 Å². The molecule has 1 heterocycles. The molecule has 1 aromatic carbocycles. The summed E-state index contributed by atoms with van der Waals surface area (Å²) in [6.07, 6.45) is 1.83. The number of benzene rings is 1. The molecule has 0 aromatic heterocycles. The molecule has 4 nitrogen and oxygen atoms in total. The molecule has 0 spiro atoms. The Hall–Kier alpha value is -0.590. The third kappa shape index (κ3) is 3.20. The van der Waals surface area contributed by atoms with Crippen molar-refractivity contribution < 1.29 is 12.6 Å². The van der Waals surface area contributed by atoms with Crippen LogP contribution in [0.2, 0.25) is 0 Å². The van der Waals surface area contributed by atoms with E-state index in [1.807, 2.05) is 0 Å². The summed E-state index contributed by atoms with van der Waals surface area (Å²) in [5.74, 6) is 1.18. The largest absolute Gasteiger partial charge is 0.261 e. The van der Waals surface area contributed by atoms with Gasteiger partial charge in [-0.15, -0.1) is 0 Å². The topological polar surface area (TPSA) is 63.6 Å². The summed E-state index contributed by atoms with van der Waals surface area (Å²) in [4.78, 5) is -0.0126. The first kappa shape index (κ1) is 12.9. The highest BCUT2D eigenvalue weighted by atomic mass is 35.7. The van der Waals surface area contributed by atoms with E-state index in [9.17, 15) is 12.6 Å². The molecule has 0 bridgehead atoms. The standard InChI is InChI=1S/C10H12ClNO3S2/c11-17(14,15)10-5-3-4-9(8-10)12-16(13)6-1-2-7-16/h3-5,8H,1-2,6-7H2. The number of hydrogen-bond donors (Lipinski definition) is 0. The molecule has 0 N–H and O–H groups in total. The Morgan fingerprint density at radius 3 is 2.47 bits per heavy atom. The summed E-state index contributed by atoms with van der Waals surface area (Å²) in [6.45, 7) is 0. The molecule has 0 aliphatic carbocycles. The van der Waals surface area contributed by atoms with E-state index in [-0.39, 0.29) is 4.90 Å². The van der Waals surface area contributed by atoms with Crippen LogP contribution < -0.4 is 0 Å². The highest BCUT2D eigenvalue weighted by Gasteiger charge is 2.17. The number of halogens is 1. The van der Waals surface area contributed by atoms with E-state index in [0.29, 0.717) is 17.2 Å². The molecule has 1 fully saturated rings. The van der Waals surface area contributed by atoms with Crippen LogP contribution in [0.3, 0.4) is 0 Å². The summed E-state index contributed by atoms with van der Waals surface area (Å²) in [7, 11) is -0.700. The highest BCUT2D eigenvalue weighted by Crippen LogP contribution is 2.24. The molecule has 1 saturated heterocycles. The van der Waals surface area contributed by atoms with Gasteiger partial charge in [-0.1, -0.05) is 6.07 Å². The van der Waals surface area contributed by atoms with Crippen LogP contribution in [-0.4, -0.2) is 24.1 Å². The second-order valence-corrected chi connectivity index (χ2v) is 9.02. The van der Waals surface area contributed by atoms with Gasteiger partial charge in [-0.2, -0.15) is 4.36 Å². The maximum Gasteiger partial charge on any atom is 0.261 e. The lowest BCUT2D eigenvalue weighted by Crippen LogP contribution is -1.99. The van der Waals surface area contributed by atoms with E-state index in [2.05, 4.69) is 4.36 Å². The van der Waals surface area contributed by atoms with E-state index < -0.39 is 18.8 Å². The Bertz CT molecular complexity index is 633. The van der Waals surface area contributed by atoms with Crippen molar-refractivity contribution in [3.05, 3.63) is 24.3 Å². The zero-order valence-corrected chi connectivity index (χ0v) is 11.4. The van der Waals surface area contributed by atoms with Crippen molar-refractivity contribution in [1.29, 1.82) is 0 Å². The lowest BCUT2D eigenvalue weighted by Gasteiger charge is -2.01. The fraction of sp³-hybridized carbons (Fsp3) is 0.400. The van der Waals surface area contributed by atoms with Crippen molar-refractivity contribution in [3.63, 3.8) is 0 Å². The van der Waals surface area contributed by atoms with Crippen molar-refractivity contribution >= 4 is 35.1 Å². The fourth-order valence-electron chi connectivity index (χ4n) is 1.73. The van der Waals surface area contributed by atoms with Gasteiger partial charge in [0.2, 0.25) is 0 Å².